The average molecular weight is 362 g/mol. The molecule has 3 aromatic rings. The molecule has 1 heterocycles. The van der Waals surface area contributed by atoms with Crippen LogP contribution in [0.15, 0.2) is 67.0 Å². The summed E-state index contributed by atoms with van der Waals surface area (Å²) in [4.78, 5) is 25.9. The first-order valence-electron chi connectivity index (χ1n) is 8.69. The minimum absolute atomic E-state index is 0.0929. The fraction of sp³-hybridized carbons (Fsp3) is 0.190. The first-order valence-corrected chi connectivity index (χ1v) is 8.69. The van der Waals surface area contributed by atoms with Gasteiger partial charge in [0.2, 0.25) is 0 Å². The molecule has 1 N–H and O–H groups in total. The molecular weight excluding hydrogens is 340 g/mol. The van der Waals surface area contributed by atoms with Crippen molar-refractivity contribution in [3.63, 3.8) is 0 Å². The molecule has 3 rings (SSSR count). The lowest BCUT2D eigenvalue weighted by Gasteiger charge is -2.16. The first-order chi connectivity index (χ1) is 13.1. The van der Waals surface area contributed by atoms with E-state index in [1.807, 2.05) is 42.5 Å². The zero-order valence-corrected chi connectivity index (χ0v) is 15.4. The molecule has 0 saturated heterocycles. The van der Waals surface area contributed by atoms with E-state index in [2.05, 4.69) is 10.4 Å². The van der Waals surface area contributed by atoms with E-state index in [0.29, 0.717) is 24.2 Å². The van der Waals surface area contributed by atoms with E-state index in [9.17, 15) is 9.59 Å². The summed E-state index contributed by atoms with van der Waals surface area (Å²) in [6.45, 7) is 1.08. The number of hydrogen-bond acceptors (Lipinski definition) is 3. The summed E-state index contributed by atoms with van der Waals surface area (Å²) in [6.07, 6.45) is 3.36. The SMILES string of the molecule is CNC(=O)c1ccc(CN(C)C(=O)c2cnn(Cc3ccccc3)c2)cc1. The minimum Gasteiger partial charge on any atom is -0.355 e. The summed E-state index contributed by atoms with van der Waals surface area (Å²) >= 11 is 0. The van der Waals surface area contributed by atoms with Crippen LogP contribution in [0, 0.1) is 0 Å². The Balaban J connectivity index is 1.62. The van der Waals surface area contributed by atoms with Crippen molar-refractivity contribution in [1.29, 1.82) is 0 Å². The lowest BCUT2D eigenvalue weighted by molar-refractivity contribution is 0.0784. The highest BCUT2D eigenvalue weighted by molar-refractivity contribution is 5.94. The second-order valence-corrected chi connectivity index (χ2v) is 6.35. The van der Waals surface area contributed by atoms with Gasteiger partial charge >= 0.3 is 0 Å². The third-order valence-electron chi connectivity index (χ3n) is 4.28. The van der Waals surface area contributed by atoms with Crippen molar-refractivity contribution in [3.05, 3.63) is 89.2 Å². The van der Waals surface area contributed by atoms with Gasteiger partial charge in [-0.2, -0.15) is 5.10 Å². The maximum absolute atomic E-state index is 12.6. The Bertz CT molecular complexity index is 917. The fourth-order valence-electron chi connectivity index (χ4n) is 2.80. The maximum atomic E-state index is 12.6. The second-order valence-electron chi connectivity index (χ2n) is 6.35. The third-order valence-corrected chi connectivity index (χ3v) is 4.28. The normalized spacial score (nSPS) is 10.4. The molecule has 0 bridgehead atoms. The summed E-state index contributed by atoms with van der Waals surface area (Å²) < 4.78 is 1.76. The Morgan fingerprint density at radius 3 is 2.37 bits per heavy atom. The van der Waals surface area contributed by atoms with Crippen LogP contribution in [0.25, 0.3) is 0 Å². The van der Waals surface area contributed by atoms with Crippen molar-refractivity contribution in [3.8, 4) is 0 Å². The predicted octanol–water partition coefficient (Wildman–Crippen LogP) is 2.56. The molecule has 0 aliphatic heterocycles. The highest BCUT2D eigenvalue weighted by atomic mass is 16.2. The summed E-state index contributed by atoms with van der Waals surface area (Å²) in [5.74, 6) is -0.221. The molecule has 27 heavy (non-hydrogen) atoms. The van der Waals surface area contributed by atoms with Gasteiger partial charge in [-0.25, -0.2) is 0 Å². The van der Waals surface area contributed by atoms with Crippen LogP contribution in [-0.4, -0.2) is 40.6 Å². The number of carbonyl (C=O) groups excluding carboxylic acids is 2. The van der Waals surface area contributed by atoms with Gasteiger partial charge in [0.15, 0.2) is 0 Å². The number of aromatic nitrogens is 2. The Kier molecular flexibility index (Phi) is 5.66. The smallest absolute Gasteiger partial charge is 0.257 e. The van der Waals surface area contributed by atoms with Crippen molar-refractivity contribution < 1.29 is 9.59 Å². The molecule has 0 unspecified atom stereocenters. The quantitative estimate of drug-likeness (QED) is 0.733. The number of hydrogen-bond donors (Lipinski definition) is 1. The Morgan fingerprint density at radius 1 is 1.00 bits per heavy atom. The van der Waals surface area contributed by atoms with Crippen LogP contribution in [0.1, 0.15) is 31.8 Å². The summed E-state index contributed by atoms with van der Waals surface area (Å²) in [6, 6.07) is 17.2. The van der Waals surface area contributed by atoms with Gasteiger partial charge in [0.05, 0.1) is 18.3 Å². The van der Waals surface area contributed by atoms with Crippen LogP contribution in [0.2, 0.25) is 0 Å². The van der Waals surface area contributed by atoms with E-state index in [0.717, 1.165) is 11.1 Å². The number of rotatable bonds is 6. The van der Waals surface area contributed by atoms with Gasteiger partial charge in [-0.15, -0.1) is 0 Å². The second kappa shape index (κ2) is 8.31. The van der Waals surface area contributed by atoms with E-state index < -0.39 is 0 Å². The molecule has 6 nitrogen and oxygen atoms in total. The monoisotopic (exact) mass is 362 g/mol. The number of amides is 2. The molecule has 2 aromatic carbocycles. The molecular formula is C21H22N4O2. The zero-order chi connectivity index (χ0) is 19.2. The van der Waals surface area contributed by atoms with E-state index in [1.54, 1.807) is 48.2 Å². The summed E-state index contributed by atoms with van der Waals surface area (Å²) in [5, 5.41) is 6.88. The molecule has 0 saturated carbocycles. The Labute approximate surface area is 158 Å². The van der Waals surface area contributed by atoms with Crippen molar-refractivity contribution in [2.75, 3.05) is 14.1 Å². The summed E-state index contributed by atoms with van der Waals surface area (Å²) in [5.41, 5.74) is 3.23. The maximum Gasteiger partial charge on any atom is 0.257 e. The van der Waals surface area contributed by atoms with Gasteiger partial charge in [0.1, 0.15) is 0 Å². The van der Waals surface area contributed by atoms with Gasteiger partial charge in [0.25, 0.3) is 11.8 Å². The van der Waals surface area contributed by atoms with Gasteiger partial charge < -0.3 is 10.2 Å². The van der Waals surface area contributed by atoms with E-state index in [1.165, 1.54) is 0 Å². The van der Waals surface area contributed by atoms with Crippen molar-refractivity contribution in [1.82, 2.24) is 20.0 Å². The average Bonchev–Trinajstić information content (AvgIpc) is 3.16. The number of carbonyl (C=O) groups is 2. The highest BCUT2D eigenvalue weighted by Gasteiger charge is 2.14. The van der Waals surface area contributed by atoms with Crippen molar-refractivity contribution in [2.24, 2.45) is 0 Å². The van der Waals surface area contributed by atoms with Crippen LogP contribution < -0.4 is 5.32 Å². The molecule has 0 fully saturated rings. The van der Waals surface area contributed by atoms with Crippen molar-refractivity contribution in [2.45, 2.75) is 13.1 Å². The number of nitrogens with zero attached hydrogens (tertiary/aromatic N) is 3. The first kappa shape index (κ1) is 18.4. The number of benzene rings is 2. The Morgan fingerprint density at radius 2 is 1.70 bits per heavy atom. The highest BCUT2D eigenvalue weighted by Crippen LogP contribution is 2.11. The van der Waals surface area contributed by atoms with Crippen LogP contribution in [0.5, 0.6) is 0 Å². The Hall–Kier alpha value is -3.41. The zero-order valence-electron chi connectivity index (χ0n) is 15.4. The molecule has 1 aromatic heterocycles. The molecule has 0 radical (unpaired) electrons. The van der Waals surface area contributed by atoms with Crippen LogP contribution in [0.3, 0.4) is 0 Å². The summed E-state index contributed by atoms with van der Waals surface area (Å²) in [7, 11) is 3.35. The molecule has 138 valence electrons. The molecule has 0 aliphatic rings. The minimum atomic E-state index is -0.128. The fourth-order valence-corrected chi connectivity index (χ4v) is 2.80. The largest absolute Gasteiger partial charge is 0.355 e. The topological polar surface area (TPSA) is 67.2 Å². The van der Waals surface area contributed by atoms with Crippen LogP contribution in [-0.2, 0) is 13.1 Å². The third kappa shape index (κ3) is 4.61. The van der Waals surface area contributed by atoms with E-state index >= 15 is 0 Å². The lowest BCUT2D eigenvalue weighted by Crippen LogP contribution is -2.26. The van der Waals surface area contributed by atoms with E-state index in [4.69, 9.17) is 0 Å². The van der Waals surface area contributed by atoms with Gasteiger partial charge in [0, 0.05) is 32.4 Å². The molecule has 0 aliphatic carbocycles. The van der Waals surface area contributed by atoms with E-state index in [-0.39, 0.29) is 11.8 Å². The standard InChI is InChI=1S/C21H22N4O2/c1-22-20(26)18-10-8-17(9-11-18)13-24(2)21(27)19-12-23-25(15-19)14-16-6-4-3-5-7-16/h3-12,15H,13-14H2,1-2H3,(H,22,26). The molecule has 0 atom stereocenters. The predicted molar refractivity (Wildman–Crippen MR) is 103 cm³/mol. The van der Waals surface area contributed by atoms with Crippen molar-refractivity contribution >= 4 is 11.8 Å². The van der Waals surface area contributed by atoms with Crippen LogP contribution >= 0.6 is 0 Å². The molecule has 2 amide bonds. The van der Waals surface area contributed by atoms with Crippen LogP contribution in [0.4, 0.5) is 0 Å². The van der Waals surface area contributed by atoms with Gasteiger partial charge in [-0.05, 0) is 23.3 Å². The lowest BCUT2D eigenvalue weighted by atomic mass is 10.1. The number of nitrogens with one attached hydrogen (secondary N) is 1. The van der Waals surface area contributed by atoms with Gasteiger partial charge in [-0.3, -0.25) is 14.3 Å². The molecule has 6 heteroatoms. The van der Waals surface area contributed by atoms with Gasteiger partial charge in [-0.1, -0.05) is 42.5 Å². The molecule has 0 spiro atoms.